The summed E-state index contributed by atoms with van der Waals surface area (Å²) in [5.41, 5.74) is 4.30. The number of nitrogen functional groups attached to an aromatic ring is 1. The largest absolute Gasteiger partial charge is 0.386 e. The maximum Gasteiger partial charge on any atom is 0.386 e. The van der Waals surface area contributed by atoms with Crippen LogP contribution in [0.4, 0.5) is 14.7 Å². The number of nitrogens with zero attached hydrogens (tertiary/aromatic N) is 5. The highest BCUT2D eigenvalue weighted by atomic mass is 32.7. The van der Waals surface area contributed by atoms with Gasteiger partial charge in [-0.3, -0.25) is 37.2 Å². The van der Waals surface area contributed by atoms with Crippen LogP contribution in [0.2, 0.25) is 0 Å². The first kappa shape index (κ1) is 31.0. The van der Waals surface area contributed by atoms with E-state index in [0.29, 0.717) is 0 Å². The Morgan fingerprint density at radius 3 is 2.36 bits per heavy atom. The minimum atomic E-state index is -4.51. The van der Waals surface area contributed by atoms with Gasteiger partial charge in [0.2, 0.25) is 5.95 Å². The number of imidazole rings is 1. The van der Waals surface area contributed by atoms with Crippen LogP contribution < -0.4 is 16.9 Å². The van der Waals surface area contributed by atoms with Crippen LogP contribution in [0.5, 0.6) is 0 Å². The molecule has 3 aliphatic heterocycles. The van der Waals surface area contributed by atoms with Gasteiger partial charge < -0.3 is 24.8 Å². The second-order valence-electron chi connectivity index (χ2n) is 10.2. The number of alkyl halides is 2. The number of halogens is 2. The van der Waals surface area contributed by atoms with Gasteiger partial charge >= 0.3 is 13.6 Å². The first-order valence-electron chi connectivity index (χ1n) is 13.0. The zero-order valence-electron chi connectivity index (χ0n) is 22.3. The number of anilines is 1. The van der Waals surface area contributed by atoms with E-state index in [-0.39, 0.29) is 28.1 Å². The third kappa shape index (κ3) is 5.56. The number of aromatic amines is 2. The Hall–Kier alpha value is -2.65. The Kier molecular flexibility index (Phi) is 7.75. The van der Waals surface area contributed by atoms with Gasteiger partial charge in [0, 0.05) is 6.20 Å². The average Bonchev–Trinajstić information content (AvgIpc) is 3.72. The SMILES string of the molecule is Nc1nc2c(ncn2[C@@H]2O[C@@H]3COP(=O)(S)O[C@H]4[C@H](F)[C@H](n5ccc6c(=O)[nH]cnc65)O[C@@H]4COP(=O)(S)O[C@@H]2[C@@H]3F)c(=O)[nH]1. The molecule has 0 aromatic carbocycles. The second-order valence-corrected chi connectivity index (χ2v) is 15.9. The molecule has 3 saturated heterocycles. The van der Waals surface area contributed by atoms with Gasteiger partial charge in [-0.25, -0.2) is 27.9 Å². The lowest BCUT2D eigenvalue weighted by molar-refractivity contribution is -0.0563. The number of fused-ring (bicyclic) bond motifs is 5. The van der Waals surface area contributed by atoms with Gasteiger partial charge in [-0.05, 0) is 6.07 Å². The van der Waals surface area contributed by atoms with Gasteiger partial charge in [-0.2, -0.15) is 4.98 Å². The lowest BCUT2D eigenvalue weighted by atomic mass is 10.1. The number of rotatable bonds is 2. The fourth-order valence-corrected chi connectivity index (χ4v) is 8.30. The summed E-state index contributed by atoms with van der Waals surface area (Å²) in [7, 11) is 0. The fourth-order valence-electron chi connectivity index (χ4n) is 5.36. The van der Waals surface area contributed by atoms with E-state index in [9.17, 15) is 18.7 Å². The lowest BCUT2D eigenvalue weighted by Crippen LogP contribution is -2.33. The molecule has 3 fully saturated rings. The number of thiol groups is 2. The molecule has 0 saturated carbocycles. The average molecular weight is 711 g/mol. The minimum Gasteiger partial charge on any atom is -0.369 e. The van der Waals surface area contributed by atoms with Gasteiger partial charge in [0.15, 0.2) is 36.0 Å². The van der Waals surface area contributed by atoms with Crippen molar-refractivity contribution < 1.29 is 45.5 Å². The van der Waals surface area contributed by atoms with Gasteiger partial charge in [-0.1, -0.05) is 24.5 Å². The van der Waals surface area contributed by atoms with Gasteiger partial charge in [0.05, 0.1) is 31.3 Å². The van der Waals surface area contributed by atoms with Crippen molar-refractivity contribution in [3.63, 3.8) is 0 Å². The van der Waals surface area contributed by atoms with E-state index in [1.165, 1.54) is 16.8 Å². The van der Waals surface area contributed by atoms with Crippen LogP contribution >= 0.6 is 38.1 Å². The molecule has 0 aliphatic carbocycles. The highest BCUT2D eigenvalue weighted by molar-refractivity contribution is 8.44. The summed E-state index contributed by atoms with van der Waals surface area (Å²) >= 11 is 7.92. The third-order valence-corrected chi connectivity index (χ3v) is 10.6. The maximum absolute atomic E-state index is 16.0. The Bertz CT molecular complexity index is 2010. The Labute approximate surface area is 259 Å². The second kappa shape index (κ2) is 11.3. The van der Waals surface area contributed by atoms with E-state index in [2.05, 4.69) is 49.4 Å². The summed E-state index contributed by atoms with van der Waals surface area (Å²) in [6.45, 7) is -10.5. The molecule has 0 radical (unpaired) electrons. The monoisotopic (exact) mass is 710 g/mol. The molecule has 3 aliphatic rings. The van der Waals surface area contributed by atoms with Crippen molar-refractivity contribution in [3.8, 4) is 0 Å². The molecule has 24 heteroatoms. The molecule has 18 nitrogen and oxygen atoms in total. The van der Waals surface area contributed by atoms with E-state index in [0.717, 1.165) is 17.2 Å². The molecular weight excluding hydrogens is 688 g/mol. The smallest absolute Gasteiger partial charge is 0.369 e. The van der Waals surface area contributed by atoms with E-state index < -0.39 is 87.1 Å². The van der Waals surface area contributed by atoms with E-state index >= 15 is 8.78 Å². The first-order chi connectivity index (χ1) is 21.3. The van der Waals surface area contributed by atoms with Crippen LogP contribution in [0, 0.1) is 0 Å². The molecule has 242 valence electrons. The molecule has 7 heterocycles. The first-order valence-corrected chi connectivity index (χ1v) is 18.4. The molecule has 4 aromatic rings. The number of hydrogen-bond acceptors (Lipinski definition) is 14. The van der Waals surface area contributed by atoms with E-state index in [1.807, 2.05) is 0 Å². The van der Waals surface area contributed by atoms with Crippen LogP contribution in [0.3, 0.4) is 0 Å². The summed E-state index contributed by atoms with van der Waals surface area (Å²) < 4.78 is 94.1. The van der Waals surface area contributed by atoms with Crippen LogP contribution in [0.1, 0.15) is 12.5 Å². The molecule has 0 spiro atoms. The summed E-state index contributed by atoms with van der Waals surface area (Å²) in [5.74, 6) is -0.272. The summed E-state index contributed by atoms with van der Waals surface area (Å²) in [5, 5.41) is 0.142. The highest BCUT2D eigenvalue weighted by Gasteiger charge is 2.54. The van der Waals surface area contributed by atoms with Crippen LogP contribution in [-0.4, -0.2) is 84.0 Å². The number of nitrogens with two attached hydrogens (primary N) is 1. The molecule has 2 unspecified atom stereocenters. The van der Waals surface area contributed by atoms with Crippen molar-refractivity contribution in [3.05, 3.63) is 45.6 Å². The zero-order chi connectivity index (χ0) is 31.8. The standard InChI is InChI=1S/C21H22F2N8O10P2S2/c22-10-8-3-36-42(34,44)40-13-9(39-19(11(13)23)30-2-1-7-15(30)25-5-26-17(7)32)4-37-43(35,45)41-14(10)20(38-8)31-6-27-12-16(31)28-21(24)29-18(12)33/h1-2,5-6,8-11,13-14,19-20H,3-4H2,(H,34,44)(H,35,45)(H,25,26,32)(H3,24,28,29,33)/t8-,9-,10-,11+,13-,14-,19-,20-,42?,43?/m1/s1. The Morgan fingerprint density at radius 1 is 0.911 bits per heavy atom. The number of H-pyrrole nitrogens is 2. The van der Waals surface area contributed by atoms with Crippen molar-refractivity contribution in [1.29, 1.82) is 0 Å². The minimum absolute atomic E-state index is 0.0774. The van der Waals surface area contributed by atoms with Crippen molar-refractivity contribution in [1.82, 2.24) is 34.1 Å². The van der Waals surface area contributed by atoms with Crippen molar-refractivity contribution in [2.75, 3.05) is 18.9 Å². The van der Waals surface area contributed by atoms with Crippen LogP contribution in [-0.2, 0) is 36.7 Å². The molecule has 4 aromatic heterocycles. The van der Waals surface area contributed by atoms with E-state index in [1.54, 1.807) is 0 Å². The number of hydrogen-bond donors (Lipinski definition) is 5. The summed E-state index contributed by atoms with van der Waals surface area (Å²) in [6.07, 6.45) is -9.95. The molecular formula is C21H22F2N8O10P2S2. The quantitative estimate of drug-likeness (QED) is 0.148. The molecule has 7 rings (SSSR count). The number of aromatic nitrogens is 7. The zero-order valence-corrected chi connectivity index (χ0v) is 25.9. The Balaban J connectivity index is 1.21. The predicted molar refractivity (Wildman–Crippen MR) is 155 cm³/mol. The topological polar surface area (TPSA) is 230 Å². The van der Waals surface area contributed by atoms with Crippen molar-refractivity contribution >= 4 is 66.2 Å². The third-order valence-electron chi connectivity index (χ3n) is 7.36. The predicted octanol–water partition coefficient (Wildman–Crippen LogP) is 1.80. The summed E-state index contributed by atoms with van der Waals surface area (Å²) in [4.78, 5) is 41.2. The number of ether oxygens (including phenoxy) is 2. The Morgan fingerprint density at radius 2 is 1.60 bits per heavy atom. The normalized spacial score (nSPS) is 37.7. The molecule has 2 bridgehead atoms. The lowest BCUT2D eigenvalue weighted by Gasteiger charge is -2.26. The summed E-state index contributed by atoms with van der Waals surface area (Å²) in [6, 6.07) is 1.40. The van der Waals surface area contributed by atoms with Crippen LogP contribution in [0.15, 0.2) is 34.5 Å². The van der Waals surface area contributed by atoms with Gasteiger partial charge in [0.25, 0.3) is 11.1 Å². The fraction of sp³-hybridized carbons (Fsp3) is 0.476. The van der Waals surface area contributed by atoms with Crippen molar-refractivity contribution in [2.24, 2.45) is 0 Å². The molecule has 4 N–H and O–H groups in total. The maximum atomic E-state index is 16.0. The number of nitrogens with one attached hydrogen (secondary N) is 2. The molecule has 45 heavy (non-hydrogen) atoms. The molecule has 0 amide bonds. The van der Waals surface area contributed by atoms with Gasteiger partial charge in [0.1, 0.15) is 30.1 Å². The van der Waals surface area contributed by atoms with Gasteiger partial charge in [-0.15, -0.1) is 0 Å². The van der Waals surface area contributed by atoms with Crippen LogP contribution in [0.25, 0.3) is 22.2 Å². The molecule has 10 atom stereocenters. The van der Waals surface area contributed by atoms with E-state index in [4.69, 9.17) is 33.3 Å². The van der Waals surface area contributed by atoms with Crippen molar-refractivity contribution in [2.45, 2.75) is 49.2 Å². The highest BCUT2D eigenvalue weighted by Crippen LogP contribution is 2.60.